The van der Waals surface area contributed by atoms with Crippen LogP contribution in [0.25, 0.3) is 0 Å². The Bertz CT molecular complexity index is 254. The van der Waals surface area contributed by atoms with E-state index < -0.39 is 0 Å². The van der Waals surface area contributed by atoms with Crippen molar-refractivity contribution in [1.82, 2.24) is 10.2 Å². The number of urea groups is 1. The van der Waals surface area contributed by atoms with Gasteiger partial charge in [-0.15, -0.1) is 0 Å². The number of hydrogen-bond donors (Lipinski definition) is 1. The molecular weight excluding hydrogens is 204 g/mol. The summed E-state index contributed by atoms with van der Waals surface area (Å²) in [6.07, 6.45) is 3.17. The quantitative estimate of drug-likeness (QED) is 0.738. The van der Waals surface area contributed by atoms with Gasteiger partial charge in [-0.3, -0.25) is 0 Å². The largest absolute Gasteiger partial charge is 0.379 e. The number of carbonyl (C=O) groups is 1. The number of amides is 2. The van der Waals surface area contributed by atoms with Crippen molar-refractivity contribution in [2.75, 3.05) is 26.3 Å². The fraction of sp³-hybridized carbons (Fsp3) is 0.917. The molecule has 0 radical (unpaired) electrons. The van der Waals surface area contributed by atoms with Crippen LogP contribution in [-0.2, 0) is 4.74 Å². The molecule has 0 aromatic rings. The van der Waals surface area contributed by atoms with Crippen LogP contribution in [0.1, 0.15) is 33.1 Å². The van der Waals surface area contributed by atoms with E-state index in [0.717, 1.165) is 44.9 Å². The lowest BCUT2D eigenvalue weighted by Gasteiger charge is -2.33. The third kappa shape index (κ3) is 2.67. The summed E-state index contributed by atoms with van der Waals surface area (Å²) in [5.74, 6) is 0.759. The first-order valence-electron chi connectivity index (χ1n) is 6.24. The van der Waals surface area contributed by atoms with Gasteiger partial charge in [0, 0.05) is 19.7 Å². The monoisotopic (exact) mass is 226 g/mol. The lowest BCUT2D eigenvalue weighted by molar-refractivity contribution is 0.149. The molecule has 1 unspecified atom stereocenters. The molecule has 0 spiro atoms. The number of hydrogen-bond acceptors (Lipinski definition) is 2. The van der Waals surface area contributed by atoms with Crippen molar-refractivity contribution in [3.8, 4) is 0 Å². The molecule has 2 amide bonds. The minimum Gasteiger partial charge on any atom is -0.379 e. The van der Waals surface area contributed by atoms with Gasteiger partial charge in [0.1, 0.15) is 0 Å². The molecule has 1 N–H and O–H groups in total. The van der Waals surface area contributed by atoms with Gasteiger partial charge in [0.15, 0.2) is 0 Å². The summed E-state index contributed by atoms with van der Waals surface area (Å²) in [7, 11) is 0. The van der Waals surface area contributed by atoms with E-state index in [1.54, 1.807) is 0 Å². The van der Waals surface area contributed by atoms with Crippen LogP contribution in [-0.4, -0.2) is 42.8 Å². The highest BCUT2D eigenvalue weighted by Crippen LogP contribution is 2.20. The molecule has 2 heterocycles. The summed E-state index contributed by atoms with van der Waals surface area (Å²) in [5, 5.41) is 3.10. The third-order valence-electron chi connectivity index (χ3n) is 3.70. The summed E-state index contributed by atoms with van der Waals surface area (Å²) < 4.78 is 5.33. The fourth-order valence-corrected chi connectivity index (χ4v) is 2.31. The van der Waals surface area contributed by atoms with Gasteiger partial charge in [0.05, 0.1) is 12.1 Å². The zero-order valence-electron chi connectivity index (χ0n) is 10.3. The minimum absolute atomic E-state index is 0.0832. The van der Waals surface area contributed by atoms with E-state index in [-0.39, 0.29) is 11.6 Å². The van der Waals surface area contributed by atoms with Crippen molar-refractivity contribution in [2.45, 2.75) is 38.6 Å². The maximum Gasteiger partial charge on any atom is 0.317 e. The first-order chi connectivity index (χ1) is 7.59. The van der Waals surface area contributed by atoms with Crippen LogP contribution in [0.3, 0.4) is 0 Å². The van der Waals surface area contributed by atoms with Crippen molar-refractivity contribution in [2.24, 2.45) is 5.92 Å². The Kier molecular flexibility index (Phi) is 3.38. The fourth-order valence-electron chi connectivity index (χ4n) is 2.31. The third-order valence-corrected chi connectivity index (χ3v) is 3.70. The average Bonchev–Trinajstić information content (AvgIpc) is 2.65. The Labute approximate surface area is 97.3 Å². The average molecular weight is 226 g/mol. The predicted molar refractivity (Wildman–Crippen MR) is 62.3 cm³/mol. The Hall–Kier alpha value is -0.770. The standard InChI is InChI=1S/C12H22N2O2/c1-10-3-6-14(7-4-10)11(15)13-12(2)5-8-16-9-12/h10H,3-9H2,1-2H3,(H,13,15). The van der Waals surface area contributed by atoms with Crippen LogP contribution < -0.4 is 5.32 Å². The van der Waals surface area contributed by atoms with Crippen LogP contribution in [0, 0.1) is 5.92 Å². The van der Waals surface area contributed by atoms with Gasteiger partial charge in [0.2, 0.25) is 0 Å². The van der Waals surface area contributed by atoms with Crippen molar-refractivity contribution in [3.63, 3.8) is 0 Å². The molecule has 4 heteroatoms. The summed E-state index contributed by atoms with van der Waals surface area (Å²) in [4.78, 5) is 14.0. The van der Waals surface area contributed by atoms with Crippen LogP contribution in [0.15, 0.2) is 0 Å². The lowest BCUT2D eigenvalue weighted by Crippen LogP contribution is -2.53. The van der Waals surface area contributed by atoms with E-state index in [1.807, 2.05) is 4.90 Å². The highest BCUT2D eigenvalue weighted by atomic mass is 16.5. The highest BCUT2D eigenvalue weighted by molar-refractivity contribution is 5.75. The number of rotatable bonds is 1. The van der Waals surface area contributed by atoms with Gasteiger partial charge < -0.3 is 15.0 Å². The second-order valence-corrected chi connectivity index (χ2v) is 5.46. The molecular formula is C12H22N2O2. The molecule has 0 saturated carbocycles. The van der Waals surface area contributed by atoms with Crippen molar-refractivity contribution >= 4 is 6.03 Å². The van der Waals surface area contributed by atoms with Gasteiger partial charge in [-0.1, -0.05) is 6.92 Å². The molecule has 0 aromatic carbocycles. The van der Waals surface area contributed by atoms with E-state index in [9.17, 15) is 4.79 Å². The number of ether oxygens (including phenoxy) is 1. The second kappa shape index (κ2) is 4.62. The van der Waals surface area contributed by atoms with Gasteiger partial charge in [-0.25, -0.2) is 4.79 Å². The number of carbonyl (C=O) groups excluding carboxylic acids is 1. The Morgan fingerprint density at radius 1 is 1.44 bits per heavy atom. The normalized spacial score (nSPS) is 31.8. The molecule has 0 bridgehead atoms. The predicted octanol–water partition coefficient (Wildman–Crippen LogP) is 1.61. The van der Waals surface area contributed by atoms with E-state index in [4.69, 9.17) is 4.74 Å². The molecule has 0 aliphatic carbocycles. The van der Waals surface area contributed by atoms with Gasteiger partial charge in [-0.2, -0.15) is 0 Å². The zero-order valence-corrected chi connectivity index (χ0v) is 10.3. The molecule has 2 saturated heterocycles. The van der Waals surface area contributed by atoms with Crippen LogP contribution >= 0.6 is 0 Å². The van der Waals surface area contributed by atoms with E-state index in [2.05, 4.69) is 19.2 Å². The van der Waals surface area contributed by atoms with Crippen molar-refractivity contribution in [3.05, 3.63) is 0 Å². The Balaban J connectivity index is 1.83. The first kappa shape index (κ1) is 11.7. The summed E-state index contributed by atoms with van der Waals surface area (Å²) in [6, 6.07) is 0.0832. The Morgan fingerprint density at radius 2 is 2.12 bits per heavy atom. The van der Waals surface area contributed by atoms with E-state index >= 15 is 0 Å². The summed E-state index contributed by atoms with van der Waals surface area (Å²) >= 11 is 0. The van der Waals surface area contributed by atoms with Crippen LogP contribution in [0.4, 0.5) is 4.79 Å². The zero-order chi connectivity index (χ0) is 11.6. The number of nitrogens with one attached hydrogen (secondary N) is 1. The molecule has 16 heavy (non-hydrogen) atoms. The molecule has 1 atom stereocenters. The van der Waals surface area contributed by atoms with Crippen molar-refractivity contribution < 1.29 is 9.53 Å². The van der Waals surface area contributed by atoms with Gasteiger partial charge in [-0.05, 0) is 32.1 Å². The molecule has 2 rings (SSSR count). The van der Waals surface area contributed by atoms with E-state index in [0.29, 0.717) is 6.61 Å². The number of piperidine rings is 1. The Morgan fingerprint density at radius 3 is 2.69 bits per heavy atom. The molecule has 2 aliphatic heterocycles. The maximum absolute atomic E-state index is 12.0. The van der Waals surface area contributed by atoms with Gasteiger partial charge >= 0.3 is 6.03 Å². The molecule has 92 valence electrons. The number of nitrogens with zero attached hydrogens (tertiary/aromatic N) is 1. The summed E-state index contributed by atoms with van der Waals surface area (Å²) in [6.45, 7) is 7.50. The van der Waals surface area contributed by atoms with Crippen molar-refractivity contribution in [1.29, 1.82) is 0 Å². The SMILES string of the molecule is CC1CCN(C(=O)NC2(C)CCOC2)CC1. The molecule has 0 aromatic heterocycles. The lowest BCUT2D eigenvalue weighted by atomic mass is 9.99. The van der Waals surface area contributed by atoms with Crippen LogP contribution in [0.2, 0.25) is 0 Å². The van der Waals surface area contributed by atoms with E-state index in [1.165, 1.54) is 0 Å². The minimum atomic E-state index is -0.153. The highest BCUT2D eigenvalue weighted by Gasteiger charge is 2.33. The first-order valence-corrected chi connectivity index (χ1v) is 6.24. The molecule has 2 fully saturated rings. The maximum atomic E-state index is 12.0. The number of likely N-dealkylation sites (tertiary alicyclic amines) is 1. The smallest absolute Gasteiger partial charge is 0.317 e. The molecule has 2 aliphatic rings. The molecule has 4 nitrogen and oxygen atoms in total. The summed E-state index contributed by atoms with van der Waals surface area (Å²) in [5.41, 5.74) is -0.153. The second-order valence-electron chi connectivity index (χ2n) is 5.46. The van der Waals surface area contributed by atoms with Crippen LogP contribution in [0.5, 0.6) is 0 Å². The topological polar surface area (TPSA) is 41.6 Å². The van der Waals surface area contributed by atoms with Gasteiger partial charge in [0.25, 0.3) is 0 Å².